The highest BCUT2D eigenvalue weighted by Crippen LogP contribution is 2.22. The Balaban J connectivity index is 1.83. The Labute approximate surface area is 120 Å². The number of hydrogen-bond donors (Lipinski definition) is 0. The lowest BCUT2D eigenvalue weighted by Gasteiger charge is -1.97. The second-order valence-electron chi connectivity index (χ2n) is 4.57. The fourth-order valence-electron chi connectivity index (χ4n) is 2.04. The number of aromatic nitrogens is 5. The lowest BCUT2D eigenvalue weighted by Crippen LogP contribution is -1.97. The van der Waals surface area contributed by atoms with E-state index in [9.17, 15) is 0 Å². The monoisotopic (exact) mass is 289 g/mol. The van der Waals surface area contributed by atoms with Gasteiger partial charge >= 0.3 is 0 Å². The van der Waals surface area contributed by atoms with Crippen molar-refractivity contribution in [3.63, 3.8) is 0 Å². The van der Waals surface area contributed by atoms with Crippen molar-refractivity contribution in [3.05, 3.63) is 35.0 Å². The summed E-state index contributed by atoms with van der Waals surface area (Å²) in [5.41, 5.74) is 4.07. The fourth-order valence-corrected chi connectivity index (χ4v) is 2.85. The summed E-state index contributed by atoms with van der Waals surface area (Å²) in [6.07, 6.45) is 2.56. The minimum Gasteiger partial charge on any atom is -0.364 e. The van der Waals surface area contributed by atoms with Crippen LogP contribution < -0.4 is 0 Å². The second-order valence-corrected chi connectivity index (χ2v) is 5.52. The van der Waals surface area contributed by atoms with E-state index in [1.54, 1.807) is 22.5 Å². The molecule has 3 rings (SSSR count). The third-order valence-electron chi connectivity index (χ3n) is 3.02. The molecule has 3 heterocycles. The maximum absolute atomic E-state index is 5.00. The van der Waals surface area contributed by atoms with Crippen molar-refractivity contribution in [2.24, 2.45) is 0 Å². The Hall–Kier alpha value is -1.89. The van der Waals surface area contributed by atoms with Crippen LogP contribution >= 0.6 is 11.8 Å². The van der Waals surface area contributed by atoms with Gasteiger partial charge in [-0.05, 0) is 26.3 Å². The molecule has 0 aliphatic rings. The van der Waals surface area contributed by atoms with E-state index < -0.39 is 0 Å². The van der Waals surface area contributed by atoms with E-state index in [0.29, 0.717) is 5.78 Å². The molecular weight excluding hydrogens is 274 g/mol. The number of aryl methyl sites for hydroxylation is 3. The van der Waals surface area contributed by atoms with E-state index in [-0.39, 0.29) is 0 Å². The van der Waals surface area contributed by atoms with E-state index in [0.717, 1.165) is 40.0 Å². The van der Waals surface area contributed by atoms with Crippen LogP contribution in [-0.2, 0) is 12.2 Å². The Morgan fingerprint density at radius 1 is 1.30 bits per heavy atom. The van der Waals surface area contributed by atoms with Crippen LogP contribution in [0.2, 0.25) is 0 Å². The van der Waals surface area contributed by atoms with Crippen molar-refractivity contribution in [3.8, 4) is 0 Å². The Bertz CT molecular complexity index is 748. The minimum absolute atomic E-state index is 0.644. The molecule has 0 radical (unpaired) electrons. The Morgan fingerprint density at radius 3 is 2.95 bits per heavy atom. The van der Waals surface area contributed by atoms with Crippen LogP contribution in [-0.4, -0.2) is 24.7 Å². The largest absolute Gasteiger partial charge is 0.364 e. The molecule has 0 aromatic carbocycles. The zero-order chi connectivity index (χ0) is 14.1. The average Bonchev–Trinajstić information content (AvgIpc) is 3.01. The summed E-state index contributed by atoms with van der Waals surface area (Å²) in [5.74, 6) is 1.40. The number of hydrogen-bond acceptors (Lipinski definition) is 6. The van der Waals surface area contributed by atoms with Gasteiger partial charge < -0.3 is 4.52 Å². The normalized spacial score (nSPS) is 11.3. The summed E-state index contributed by atoms with van der Waals surface area (Å²) in [4.78, 5) is 8.82. The third kappa shape index (κ3) is 2.40. The molecule has 0 aliphatic heterocycles. The molecule has 0 bridgehead atoms. The first-order valence-corrected chi connectivity index (χ1v) is 7.42. The summed E-state index contributed by atoms with van der Waals surface area (Å²) in [5, 5.41) is 9.15. The highest BCUT2D eigenvalue weighted by molar-refractivity contribution is 7.98. The molecule has 0 fully saturated rings. The molecule has 0 spiro atoms. The number of fused-ring (bicyclic) bond motifs is 1. The van der Waals surface area contributed by atoms with Crippen LogP contribution in [0.25, 0.3) is 5.78 Å². The number of thioether (sulfide) groups is 1. The van der Waals surface area contributed by atoms with Gasteiger partial charge in [0.05, 0.1) is 5.69 Å². The van der Waals surface area contributed by atoms with Gasteiger partial charge in [0.1, 0.15) is 6.26 Å². The van der Waals surface area contributed by atoms with Crippen LogP contribution in [0, 0.1) is 13.8 Å². The van der Waals surface area contributed by atoms with E-state index in [1.165, 1.54) is 0 Å². The van der Waals surface area contributed by atoms with Gasteiger partial charge in [-0.15, -0.1) is 5.10 Å². The molecule has 0 aliphatic carbocycles. The molecule has 7 heteroatoms. The molecule has 3 aromatic rings. The van der Waals surface area contributed by atoms with Crippen LogP contribution in [0.3, 0.4) is 0 Å². The van der Waals surface area contributed by atoms with Crippen LogP contribution in [0.1, 0.15) is 29.6 Å². The van der Waals surface area contributed by atoms with Gasteiger partial charge in [0.15, 0.2) is 0 Å². The predicted octanol–water partition coefficient (Wildman–Crippen LogP) is 2.58. The third-order valence-corrected chi connectivity index (χ3v) is 3.91. The maximum Gasteiger partial charge on any atom is 0.253 e. The van der Waals surface area contributed by atoms with E-state index in [1.807, 2.05) is 19.9 Å². The molecule has 0 unspecified atom stereocenters. The molecule has 0 atom stereocenters. The highest BCUT2D eigenvalue weighted by atomic mass is 32.2. The Morgan fingerprint density at radius 2 is 2.15 bits per heavy atom. The summed E-state index contributed by atoms with van der Waals surface area (Å²) >= 11 is 1.56. The second kappa shape index (κ2) is 5.24. The predicted molar refractivity (Wildman–Crippen MR) is 75.7 cm³/mol. The average molecular weight is 289 g/mol. The van der Waals surface area contributed by atoms with Gasteiger partial charge in [0.2, 0.25) is 5.16 Å². The molecule has 0 saturated heterocycles. The van der Waals surface area contributed by atoms with Crippen molar-refractivity contribution >= 4 is 17.5 Å². The number of nitrogens with zero attached hydrogens (tertiary/aromatic N) is 5. The quantitative estimate of drug-likeness (QED) is 0.688. The number of rotatable bonds is 4. The lowest BCUT2D eigenvalue weighted by molar-refractivity contribution is 0.412. The highest BCUT2D eigenvalue weighted by Gasteiger charge is 2.11. The molecule has 104 valence electrons. The zero-order valence-corrected chi connectivity index (χ0v) is 12.4. The van der Waals surface area contributed by atoms with Crippen LogP contribution in [0.15, 0.2) is 22.0 Å². The molecule has 20 heavy (non-hydrogen) atoms. The Kier molecular flexibility index (Phi) is 3.43. The van der Waals surface area contributed by atoms with Gasteiger partial charge in [0, 0.05) is 22.7 Å². The standard InChI is InChI=1S/C13H15N5OS/c1-4-11-10(6-19-17-11)7-20-13-15-12-14-8(2)5-9(3)18(12)16-13/h5-6H,4,7H2,1-3H3. The van der Waals surface area contributed by atoms with Crippen molar-refractivity contribution in [2.75, 3.05) is 0 Å². The first-order chi connectivity index (χ1) is 9.67. The van der Waals surface area contributed by atoms with Gasteiger partial charge in [0.25, 0.3) is 5.78 Å². The van der Waals surface area contributed by atoms with Crippen molar-refractivity contribution in [1.82, 2.24) is 24.7 Å². The van der Waals surface area contributed by atoms with Gasteiger partial charge in [-0.3, -0.25) is 0 Å². The van der Waals surface area contributed by atoms with Crippen molar-refractivity contribution in [2.45, 2.75) is 38.1 Å². The molecule has 3 aromatic heterocycles. The minimum atomic E-state index is 0.644. The van der Waals surface area contributed by atoms with Crippen LogP contribution in [0.4, 0.5) is 0 Å². The first kappa shape index (κ1) is 13.1. The van der Waals surface area contributed by atoms with E-state index in [2.05, 4.69) is 27.1 Å². The van der Waals surface area contributed by atoms with E-state index in [4.69, 9.17) is 4.52 Å². The van der Waals surface area contributed by atoms with Crippen LogP contribution in [0.5, 0.6) is 0 Å². The first-order valence-electron chi connectivity index (χ1n) is 6.43. The smallest absolute Gasteiger partial charge is 0.253 e. The molecule has 0 amide bonds. The summed E-state index contributed by atoms with van der Waals surface area (Å²) in [7, 11) is 0. The fraction of sp³-hybridized carbons (Fsp3) is 0.385. The van der Waals surface area contributed by atoms with Gasteiger partial charge in [-0.2, -0.15) is 4.98 Å². The topological polar surface area (TPSA) is 69.1 Å². The SMILES string of the molecule is CCc1nocc1CSc1nc2nc(C)cc(C)n2n1. The molecule has 0 saturated carbocycles. The molecular formula is C13H15N5OS. The summed E-state index contributed by atoms with van der Waals surface area (Å²) < 4.78 is 6.76. The lowest BCUT2D eigenvalue weighted by atomic mass is 10.2. The molecule has 0 N–H and O–H groups in total. The molecule has 6 nitrogen and oxygen atoms in total. The van der Waals surface area contributed by atoms with Crippen molar-refractivity contribution in [1.29, 1.82) is 0 Å². The summed E-state index contributed by atoms with van der Waals surface area (Å²) in [6.45, 7) is 6.02. The van der Waals surface area contributed by atoms with Crippen molar-refractivity contribution < 1.29 is 4.52 Å². The summed E-state index contributed by atoms with van der Waals surface area (Å²) in [6, 6.07) is 1.99. The van der Waals surface area contributed by atoms with Gasteiger partial charge in [-0.1, -0.05) is 23.8 Å². The van der Waals surface area contributed by atoms with E-state index >= 15 is 0 Å². The zero-order valence-electron chi connectivity index (χ0n) is 11.6. The maximum atomic E-state index is 5.00. The van der Waals surface area contributed by atoms with Gasteiger partial charge in [-0.25, -0.2) is 9.50 Å².